The van der Waals surface area contributed by atoms with Crippen molar-refractivity contribution in [1.29, 1.82) is 0 Å². The van der Waals surface area contributed by atoms with E-state index in [0.29, 0.717) is 16.1 Å². The Kier molecular flexibility index (Phi) is 5.77. The van der Waals surface area contributed by atoms with Crippen molar-refractivity contribution in [3.63, 3.8) is 0 Å². The fraction of sp³-hybridized carbons (Fsp3) is 0.208. The van der Waals surface area contributed by atoms with Crippen LogP contribution in [0, 0.1) is 0 Å². The van der Waals surface area contributed by atoms with Gasteiger partial charge in [0.2, 0.25) is 0 Å². The Bertz CT molecular complexity index is 1230. The van der Waals surface area contributed by atoms with Gasteiger partial charge in [-0.3, -0.25) is 14.2 Å². The molecule has 30 heavy (non-hydrogen) atoms. The summed E-state index contributed by atoms with van der Waals surface area (Å²) in [5.74, 6) is -0.0285. The molecule has 0 saturated carbocycles. The lowest BCUT2D eigenvalue weighted by Crippen LogP contribution is -2.25. The van der Waals surface area contributed by atoms with E-state index in [2.05, 4.69) is 31.0 Å². The molecule has 6 heteroatoms. The minimum absolute atomic E-state index is 0.170. The van der Waals surface area contributed by atoms with Gasteiger partial charge < -0.3 is 4.74 Å². The highest BCUT2D eigenvalue weighted by atomic mass is 32.1. The second kappa shape index (κ2) is 8.63. The number of benzene rings is 2. The molecule has 0 saturated heterocycles. The average Bonchev–Trinajstić information content (AvgIpc) is 3.20. The molecule has 4 rings (SSSR count). The molecule has 0 amide bonds. The summed E-state index contributed by atoms with van der Waals surface area (Å²) in [5.41, 5.74) is 3.72. The van der Waals surface area contributed by atoms with E-state index in [4.69, 9.17) is 4.74 Å². The highest BCUT2D eigenvalue weighted by Gasteiger charge is 2.15. The van der Waals surface area contributed by atoms with Crippen LogP contribution >= 0.6 is 11.3 Å². The van der Waals surface area contributed by atoms with Crippen molar-refractivity contribution in [3.8, 4) is 11.1 Å². The third kappa shape index (κ3) is 4.19. The van der Waals surface area contributed by atoms with Gasteiger partial charge in [-0.15, -0.1) is 11.3 Å². The smallest absolute Gasteiger partial charge is 0.326 e. The van der Waals surface area contributed by atoms with Crippen LogP contribution in [0.4, 0.5) is 0 Å². The van der Waals surface area contributed by atoms with E-state index in [1.165, 1.54) is 27.8 Å². The summed E-state index contributed by atoms with van der Waals surface area (Å²) in [6.45, 7) is 4.30. The van der Waals surface area contributed by atoms with Gasteiger partial charge >= 0.3 is 5.97 Å². The molecule has 0 aliphatic carbocycles. The molecule has 2 aromatic heterocycles. The molecule has 0 N–H and O–H groups in total. The van der Waals surface area contributed by atoms with Crippen LogP contribution in [0.25, 0.3) is 21.3 Å². The zero-order chi connectivity index (χ0) is 21.1. The standard InChI is InChI=1S/C24H22N2O3S/c1-16(2)18-8-10-19(11-9-18)20-14-30-23-22(20)24(28)26(15-25-23)12-21(27)29-13-17-6-4-3-5-7-17/h3-11,14-16H,12-13H2,1-2H3. The molecular formula is C24H22N2O3S. The van der Waals surface area contributed by atoms with Crippen molar-refractivity contribution >= 4 is 27.5 Å². The number of nitrogens with zero attached hydrogens (tertiary/aromatic N) is 2. The first-order chi connectivity index (χ1) is 14.5. The number of fused-ring (bicyclic) bond motifs is 1. The van der Waals surface area contributed by atoms with Gasteiger partial charge in [-0.1, -0.05) is 68.4 Å². The van der Waals surface area contributed by atoms with E-state index in [0.717, 1.165) is 16.7 Å². The summed E-state index contributed by atoms with van der Waals surface area (Å²) in [4.78, 5) is 30.4. The topological polar surface area (TPSA) is 61.2 Å². The number of rotatable bonds is 6. The quantitative estimate of drug-likeness (QED) is 0.414. The van der Waals surface area contributed by atoms with E-state index >= 15 is 0 Å². The maximum Gasteiger partial charge on any atom is 0.326 e. The molecule has 152 valence electrons. The Morgan fingerprint density at radius 2 is 1.83 bits per heavy atom. The fourth-order valence-corrected chi connectivity index (χ4v) is 4.17. The lowest BCUT2D eigenvalue weighted by atomic mass is 9.99. The Labute approximate surface area is 178 Å². The molecule has 0 aliphatic rings. The Hall–Kier alpha value is -3.25. The third-order valence-corrected chi connectivity index (χ3v) is 5.88. The first-order valence-corrected chi connectivity index (χ1v) is 10.7. The van der Waals surface area contributed by atoms with Crippen LogP contribution in [-0.2, 0) is 22.7 Å². The zero-order valence-corrected chi connectivity index (χ0v) is 17.7. The van der Waals surface area contributed by atoms with Crippen LogP contribution in [-0.4, -0.2) is 15.5 Å². The van der Waals surface area contributed by atoms with E-state index in [1.807, 2.05) is 47.8 Å². The monoisotopic (exact) mass is 418 g/mol. The SMILES string of the molecule is CC(C)c1ccc(-c2csc3ncn(CC(=O)OCc4ccccc4)c(=O)c23)cc1. The maximum atomic E-state index is 13.1. The van der Waals surface area contributed by atoms with Gasteiger partial charge in [0.15, 0.2) is 0 Å². The summed E-state index contributed by atoms with van der Waals surface area (Å²) in [6.07, 6.45) is 1.41. The minimum Gasteiger partial charge on any atom is -0.459 e. The molecular weight excluding hydrogens is 396 g/mol. The molecule has 0 fully saturated rings. The van der Waals surface area contributed by atoms with E-state index in [9.17, 15) is 9.59 Å². The Balaban J connectivity index is 1.58. The molecule has 4 aromatic rings. The molecule has 0 atom stereocenters. The van der Waals surface area contributed by atoms with Gasteiger partial charge in [-0.2, -0.15) is 0 Å². The van der Waals surface area contributed by atoms with Crippen molar-refractivity contribution in [3.05, 3.63) is 87.8 Å². The fourth-order valence-electron chi connectivity index (χ4n) is 3.26. The molecule has 0 bridgehead atoms. The first kappa shape index (κ1) is 20.0. The van der Waals surface area contributed by atoms with Gasteiger partial charge in [0.25, 0.3) is 5.56 Å². The van der Waals surface area contributed by atoms with Crippen LogP contribution < -0.4 is 5.56 Å². The summed E-state index contributed by atoms with van der Waals surface area (Å²) >= 11 is 1.43. The third-order valence-electron chi connectivity index (χ3n) is 4.99. The first-order valence-electron chi connectivity index (χ1n) is 9.79. The van der Waals surface area contributed by atoms with Crippen LogP contribution in [0.3, 0.4) is 0 Å². The summed E-state index contributed by atoms with van der Waals surface area (Å²) < 4.78 is 6.62. The number of thiophene rings is 1. The van der Waals surface area contributed by atoms with Crippen molar-refractivity contribution < 1.29 is 9.53 Å². The van der Waals surface area contributed by atoms with Gasteiger partial charge in [-0.05, 0) is 22.6 Å². The molecule has 0 radical (unpaired) electrons. The summed E-state index contributed by atoms with van der Waals surface area (Å²) in [7, 11) is 0. The van der Waals surface area contributed by atoms with E-state index in [-0.39, 0.29) is 18.7 Å². The summed E-state index contributed by atoms with van der Waals surface area (Å²) in [5, 5.41) is 2.48. The normalized spacial score (nSPS) is 11.2. The second-order valence-electron chi connectivity index (χ2n) is 7.43. The highest BCUT2D eigenvalue weighted by molar-refractivity contribution is 7.17. The Morgan fingerprint density at radius 3 is 2.53 bits per heavy atom. The van der Waals surface area contributed by atoms with E-state index in [1.54, 1.807) is 0 Å². The molecule has 0 unspecified atom stereocenters. The second-order valence-corrected chi connectivity index (χ2v) is 8.29. The lowest BCUT2D eigenvalue weighted by molar-refractivity contribution is -0.145. The van der Waals surface area contributed by atoms with Crippen LogP contribution in [0.1, 0.15) is 30.9 Å². The van der Waals surface area contributed by atoms with Crippen molar-refractivity contribution in [1.82, 2.24) is 9.55 Å². The number of hydrogen-bond donors (Lipinski definition) is 0. The van der Waals surface area contributed by atoms with Crippen molar-refractivity contribution in [2.45, 2.75) is 32.9 Å². The van der Waals surface area contributed by atoms with Crippen LogP contribution in [0.2, 0.25) is 0 Å². The molecule has 0 aliphatic heterocycles. The van der Waals surface area contributed by atoms with Gasteiger partial charge in [-0.25, -0.2) is 4.98 Å². The number of carbonyl (C=O) groups is 1. The van der Waals surface area contributed by atoms with Gasteiger partial charge in [0.1, 0.15) is 18.0 Å². The average molecular weight is 419 g/mol. The van der Waals surface area contributed by atoms with Crippen molar-refractivity contribution in [2.75, 3.05) is 0 Å². The van der Waals surface area contributed by atoms with Crippen LogP contribution in [0.5, 0.6) is 0 Å². The molecule has 2 aromatic carbocycles. The summed E-state index contributed by atoms with van der Waals surface area (Å²) in [6, 6.07) is 17.7. The Morgan fingerprint density at radius 1 is 1.10 bits per heavy atom. The zero-order valence-electron chi connectivity index (χ0n) is 16.9. The molecule has 0 spiro atoms. The lowest BCUT2D eigenvalue weighted by Gasteiger charge is -2.08. The number of ether oxygens (including phenoxy) is 1. The number of carbonyl (C=O) groups excluding carboxylic acids is 1. The van der Waals surface area contributed by atoms with Crippen LogP contribution in [0.15, 0.2) is 71.1 Å². The van der Waals surface area contributed by atoms with Gasteiger partial charge in [0, 0.05) is 10.9 Å². The molecule has 5 nitrogen and oxygen atoms in total. The highest BCUT2D eigenvalue weighted by Crippen LogP contribution is 2.31. The van der Waals surface area contributed by atoms with E-state index < -0.39 is 5.97 Å². The number of hydrogen-bond acceptors (Lipinski definition) is 5. The largest absolute Gasteiger partial charge is 0.459 e. The minimum atomic E-state index is -0.472. The molecule has 2 heterocycles. The predicted octanol–water partition coefficient (Wildman–Crippen LogP) is 4.99. The predicted molar refractivity (Wildman–Crippen MR) is 120 cm³/mol. The van der Waals surface area contributed by atoms with Crippen molar-refractivity contribution in [2.24, 2.45) is 0 Å². The van der Waals surface area contributed by atoms with Gasteiger partial charge in [0.05, 0.1) is 11.7 Å². The number of aromatic nitrogens is 2. The number of esters is 1. The maximum absolute atomic E-state index is 13.1.